The molecular weight excluding hydrogens is 997 g/mol. The fourth-order valence-electron chi connectivity index (χ4n) is 10.7. The lowest BCUT2D eigenvalue weighted by molar-refractivity contribution is -0.167. The van der Waals surface area contributed by atoms with E-state index in [0.717, 1.165) is 103 Å². The van der Waals surface area contributed by atoms with E-state index in [1.165, 1.54) is 238 Å². The number of hydrogen-bond acceptors (Lipinski definition) is 6. The van der Waals surface area contributed by atoms with E-state index in [-0.39, 0.29) is 31.1 Å². The molecule has 0 radical (unpaired) electrons. The fraction of sp³-hybridized carbons (Fsp3) is 0.827. The Hall–Kier alpha value is -2.89. The van der Waals surface area contributed by atoms with E-state index in [1.54, 1.807) is 0 Å². The van der Waals surface area contributed by atoms with Crippen molar-refractivity contribution in [2.24, 2.45) is 0 Å². The van der Waals surface area contributed by atoms with Gasteiger partial charge in [-0.3, -0.25) is 14.4 Å². The van der Waals surface area contributed by atoms with E-state index < -0.39 is 6.10 Å². The van der Waals surface area contributed by atoms with Gasteiger partial charge in [-0.05, 0) is 83.5 Å². The van der Waals surface area contributed by atoms with Crippen molar-refractivity contribution in [2.45, 2.75) is 386 Å². The van der Waals surface area contributed by atoms with Gasteiger partial charge in [0, 0.05) is 19.3 Å². The summed E-state index contributed by atoms with van der Waals surface area (Å²) in [6.07, 6.45) is 89.8. The first-order valence-corrected chi connectivity index (χ1v) is 35.8. The molecule has 1 atom stereocenters. The zero-order valence-electron chi connectivity index (χ0n) is 54.3. The summed E-state index contributed by atoms with van der Waals surface area (Å²) in [6, 6.07) is 0. The fourth-order valence-corrected chi connectivity index (χ4v) is 10.7. The zero-order chi connectivity index (χ0) is 58.5. The molecule has 6 heteroatoms. The van der Waals surface area contributed by atoms with Crippen molar-refractivity contribution < 1.29 is 28.6 Å². The topological polar surface area (TPSA) is 78.9 Å². The summed E-state index contributed by atoms with van der Waals surface area (Å²) in [5.74, 6) is -0.877. The monoisotopic (exact) mass is 1130 g/mol. The van der Waals surface area contributed by atoms with Crippen LogP contribution in [0.15, 0.2) is 60.8 Å². The van der Waals surface area contributed by atoms with Crippen molar-refractivity contribution in [3.05, 3.63) is 60.8 Å². The Morgan fingerprint density at radius 1 is 0.259 bits per heavy atom. The molecule has 472 valence electrons. The van der Waals surface area contributed by atoms with Crippen LogP contribution in [-0.4, -0.2) is 37.2 Å². The SMILES string of the molecule is CC/C=C\C/C=C\C/C=C\CCCCCCCC(=O)OCC(COC(=O)CCCCCCCCCCCCCCCCCCCCCCCCCCCCCCC)OC(=O)CCCCCCCCCCC/C=C\C/C=C\CCCCC. The number of unbranched alkanes of at least 4 members (excludes halogenated alkanes) is 45. The molecule has 0 aromatic heterocycles. The van der Waals surface area contributed by atoms with Crippen LogP contribution >= 0.6 is 0 Å². The van der Waals surface area contributed by atoms with Crippen molar-refractivity contribution in [3.63, 3.8) is 0 Å². The highest BCUT2D eigenvalue weighted by atomic mass is 16.6. The van der Waals surface area contributed by atoms with Crippen LogP contribution in [0, 0.1) is 0 Å². The summed E-state index contributed by atoms with van der Waals surface area (Å²) in [6.45, 7) is 6.55. The predicted molar refractivity (Wildman–Crippen MR) is 353 cm³/mol. The van der Waals surface area contributed by atoms with Gasteiger partial charge in [-0.2, -0.15) is 0 Å². The lowest BCUT2D eigenvalue weighted by atomic mass is 10.0. The second-order valence-electron chi connectivity index (χ2n) is 24.1. The van der Waals surface area contributed by atoms with Crippen molar-refractivity contribution in [3.8, 4) is 0 Å². The highest BCUT2D eigenvalue weighted by molar-refractivity contribution is 5.71. The van der Waals surface area contributed by atoms with E-state index in [4.69, 9.17) is 14.2 Å². The molecule has 81 heavy (non-hydrogen) atoms. The average molecular weight is 1130 g/mol. The van der Waals surface area contributed by atoms with Crippen molar-refractivity contribution in [1.82, 2.24) is 0 Å². The standard InChI is InChI=1S/C75H136O6/c1-4-7-10-13-16-19-22-25-28-30-32-33-34-35-36-37-38-39-40-41-43-44-47-50-53-56-59-62-65-68-74(77)80-71-72(70-79-73(76)67-64-61-58-55-52-49-46-27-24-21-18-15-12-9-6-3)81-75(78)69-66-63-60-57-54-51-48-45-42-31-29-26-23-20-17-14-11-8-5-2/h9,12,17-18,20-21,26-27,29,46,72H,4-8,10-11,13-16,19,22-25,28,30-45,47-71H2,1-3H3/b12-9-,20-17-,21-18-,29-26-,46-27-. The Balaban J connectivity index is 4.22. The minimum absolute atomic E-state index is 0.0781. The Bertz CT molecular complexity index is 1440. The number of rotatable bonds is 66. The van der Waals surface area contributed by atoms with Crippen LogP contribution in [0.5, 0.6) is 0 Å². The van der Waals surface area contributed by atoms with Gasteiger partial charge >= 0.3 is 17.9 Å². The molecule has 6 nitrogen and oxygen atoms in total. The van der Waals surface area contributed by atoms with E-state index in [0.29, 0.717) is 19.3 Å². The second kappa shape index (κ2) is 69.6. The van der Waals surface area contributed by atoms with Gasteiger partial charge in [-0.25, -0.2) is 0 Å². The largest absolute Gasteiger partial charge is 0.462 e. The normalized spacial score (nSPS) is 12.4. The molecule has 0 aromatic rings. The Labute approximate surface area is 504 Å². The smallest absolute Gasteiger partial charge is 0.306 e. The molecule has 0 fully saturated rings. The Morgan fingerprint density at radius 3 is 0.778 bits per heavy atom. The summed E-state index contributed by atoms with van der Waals surface area (Å²) < 4.78 is 17.0. The third-order valence-corrected chi connectivity index (χ3v) is 16.0. The highest BCUT2D eigenvalue weighted by Crippen LogP contribution is 2.18. The van der Waals surface area contributed by atoms with Gasteiger partial charge in [0.1, 0.15) is 13.2 Å². The van der Waals surface area contributed by atoms with E-state index in [1.807, 2.05) is 0 Å². The number of esters is 3. The molecule has 0 amide bonds. The van der Waals surface area contributed by atoms with Crippen LogP contribution < -0.4 is 0 Å². The molecule has 0 saturated carbocycles. The molecule has 0 saturated heterocycles. The molecule has 1 unspecified atom stereocenters. The van der Waals surface area contributed by atoms with Crippen LogP contribution in [0.3, 0.4) is 0 Å². The first kappa shape index (κ1) is 78.1. The summed E-state index contributed by atoms with van der Waals surface area (Å²) in [5, 5.41) is 0. The van der Waals surface area contributed by atoms with Crippen LogP contribution in [0.2, 0.25) is 0 Å². The van der Waals surface area contributed by atoms with Crippen LogP contribution in [0.25, 0.3) is 0 Å². The lowest BCUT2D eigenvalue weighted by Gasteiger charge is -2.18. The first-order chi connectivity index (χ1) is 40.0. The molecule has 0 rings (SSSR count). The maximum Gasteiger partial charge on any atom is 0.306 e. The molecule has 0 aliphatic heterocycles. The average Bonchev–Trinajstić information content (AvgIpc) is 3.47. The number of ether oxygens (including phenoxy) is 3. The number of hydrogen-bond donors (Lipinski definition) is 0. The van der Waals surface area contributed by atoms with Gasteiger partial charge in [-0.15, -0.1) is 0 Å². The quantitative estimate of drug-likeness (QED) is 0.0261. The lowest BCUT2D eigenvalue weighted by Crippen LogP contribution is -2.30. The molecule has 0 spiro atoms. The summed E-state index contributed by atoms with van der Waals surface area (Å²) >= 11 is 0. The van der Waals surface area contributed by atoms with Crippen molar-refractivity contribution in [1.29, 1.82) is 0 Å². The number of carbonyl (C=O) groups is 3. The van der Waals surface area contributed by atoms with E-state index >= 15 is 0 Å². The Morgan fingerprint density at radius 2 is 0.481 bits per heavy atom. The van der Waals surface area contributed by atoms with Gasteiger partial charge in [-0.1, -0.05) is 338 Å². The third-order valence-electron chi connectivity index (χ3n) is 16.0. The van der Waals surface area contributed by atoms with Crippen molar-refractivity contribution in [2.75, 3.05) is 13.2 Å². The Kier molecular flexibility index (Phi) is 67.1. The molecule has 0 heterocycles. The first-order valence-electron chi connectivity index (χ1n) is 35.8. The summed E-state index contributed by atoms with van der Waals surface area (Å²) in [5.41, 5.74) is 0. The third kappa shape index (κ3) is 67.8. The maximum absolute atomic E-state index is 12.9. The molecule has 0 aromatic carbocycles. The molecular formula is C75H136O6. The summed E-state index contributed by atoms with van der Waals surface area (Å²) in [7, 11) is 0. The number of carbonyl (C=O) groups excluding carboxylic acids is 3. The summed E-state index contributed by atoms with van der Waals surface area (Å²) in [4.78, 5) is 38.4. The number of allylic oxidation sites excluding steroid dienone is 10. The van der Waals surface area contributed by atoms with Gasteiger partial charge in [0.15, 0.2) is 6.10 Å². The van der Waals surface area contributed by atoms with Gasteiger partial charge in [0.25, 0.3) is 0 Å². The van der Waals surface area contributed by atoms with Gasteiger partial charge < -0.3 is 14.2 Å². The van der Waals surface area contributed by atoms with E-state index in [9.17, 15) is 14.4 Å². The molecule has 0 aliphatic carbocycles. The van der Waals surface area contributed by atoms with Crippen LogP contribution in [0.1, 0.15) is 380 Å². The maximum atomic E-state index is 12.9. The van der Waals surface area contributed by atoms with Gasteiger partial charge in [0.05, 0.1) is 0 Å². The molecule has 0 aliphatic rings. The minimum Gasteiger partial charge on any atom is -0.462 e. The van der Waals surface area contributed by atoms with Crippen LogP contribution in [-0.2, 0) is 28.6 Å². The zero-order valence-corrected chi connectivity index (χ0v) is 54.3. The highest BCUT2D eigenvalue weighted by Gasteiger charge is 2.19. The van der Waals surface area contributed by atoms with Crippen molar-refractivity contribution >= 4 is 17.9 Å². The van der Waals surface area contributed by atoms with Gasteiger partial charge in [0.2, 0.25) is 0 Å². The van der Waals surface area contributed by atoms with Crippen LogP contribution in [0.4, 0.5) is 0 Å². The molecule has 0 N–H and O–H groups in total. The minimum atomic E-state index is -0.784. The van der Waals surface area contributed by atoms with E-state index in [2.05, 4.69) is 81.5 Å². The second-order valence-corrected chi connectivity index (χ2v) is 24.1. The molecule has 0 bridgehead atoms. The predicted octanol–water partition coefficient (Wildman–Crippen LogP) is 24.7.